The molecule has 1 aromatic carbocycles. The average molecular weight is 328 g/mol. The molecule has 0 aromatic heterocycles. The maximum Gasteiger partial charge on any atom is 0.206 e. The molecule has 0 unspecified atom stereocenters. The largest absolute Gasteiger partial charge is 0.487 e. The smallest absolute Gasteiger partial charge is 0.206 e. The van der Waals surface area contributed by atoms with Gasteiger partial charge in [0.1, 0.15) is 0 Å². The third-order valence-electron chi connectivity index (χ3n) is 3.58. The molecule has 1 aromatic rings. The number of rotatable bonds is 4. The third kappa shape index (κ3) is 3.11. The summed E-state index contributed by atoms with van der Waals surface area (Å²) in [5.74, 6) is -11.1. The van der Waals surface area contributed by atoms with E-state index in [0.29, 0.717) is 31.8 Å². The van der Waals surface area contributed by atoms with E-state index in [4.69, 9.17) is 9.47 Å². The molecule has 2 rings (SSSR count). The Labute approximate surface area is 123 Å². The van der Waals surface area contributed by atoms with E-state index in [-0.39, 0.29) is 6.61 Å². The second-order valence-corrected chi connectivity index (χ2v) is 5.27. The highest BCUT2D eigenvalue weighted by Gasteiger charge is 2.34. The predicted molar refractivity (Wildman–Crippen MR) is 68.1 cm³/mol. The van der Waals surface area contributed by atoms with Gasteiger partial charge in [0.05, 0.1) is 6.61 Å². The molecule has 0 aliphatic carbocycles. The van der Waals surface area contributed by atoms with Crippen molar-refractivity contribution in [2.45, 2.75) is 12.8 Å². The molecule has 118 valence electrons. The van der Waals surface area contributed by atoms with Gasteiger partial charge in [-0.1, -0.05) is 0 Å². The van der Waals surface area contributed by atoms with Crippen LogP contribution in [0.4, 0.5) is 22.0 Å². The summed E-state index contributed by atoms with van der Waals surface area (Å²) in [5.41, 5.74) is -0.512. The molecule has 2 nitrogen and oxygen atoms in total. The minimum Gasteiger partial charge on any atom is -0.487 e. The van der Waals surface area contributed by atoms with Gasteiger partial charge in [-0.2, -0.15) is 21.4 Å². The van der Waals surface area contributed by atoms with Gasteiger partial charge in [-0.15, -0.1) is 0 Å². The molecule has 0 bridgehead atoms. The molecule has 0 radical (unpaired) electrons. The van der Waals surface area contributed by atoms with Crippen molar-refractivity contribution in [2.75, 3.05) is 25.6 Å². The quantitative estimate of drug-likeness (QED) is 0.395. The summed E-state index contributed by atoms with van der Waals surface area (Å²) in [7, 11) is 0. The summed E-state index contributed by atoms with van der Waals surface area (Å²) in [5, 5.41) is 0. The highest BCUT2D eigenvalue weighted by molar-refractivity contribution is 7.80. The Morgan fingerprint density at radius 3 is 1.86 bits per heavy atom. The topological polar surface area (TPSA) is 18.5 Å². The molecule has 8 heteroatoms. The van der Waals surface area contributed by atoms with E-state index in [9.17, 15) is 22.0 Å². The Morgan fingerprint density at radius 2 is 1.38 bits per heavy atom. The highest BCUT2D eigenvalue weighted by atomic mass is 32.1. The SMILES string of the molecule is Fc1c(F)c(F)c(OCC2(CS)CCOCC2)c(F)c1F. The molecule has 1 aliphatic rings. The maximum absolute atomic E-state index is 13.5. The van der Waals surface area contributed by atoms with Gasteiger partial charge in [0.2, 0.25) is 29.1 Å². The normalized spacial score (nSPS) is 17.8. The van der Waals surface area contributed by atoms with Crippen LogP contribution in [0.2, 0.25) is 0 Å². The van der Waals surface area contributed by atoms with Crippen molar-refractivity contribution in [3.05, 3.63) is 29.1 Å². The fourth-order valence-electron chi connectivity index (χ4n) is 2.09. The van der Waals surface area contributed by atoms with Crippen LogP contribution in [0.3, 0.4) is 0 Å². The second kappa shape index (κ2) is 6.39. The Morgan fingerprint density at radius 1 is 0.905 bits per heavy atom. The first-order valence-corrected chi connectivity index (χ1v) is 6.88. The fourth-order valence-corrected chi connectivity index (χ4v) is 2.50. The zero-order valence-corrected chi connectivity index (χ0v) is 11.8. The van der Waals surface area contributed by atoms with Crippen LogP contribution in [0.15, 0.2) is 0 Å². The van der Waals surface area contributed by atoms with Gasteiger partial charge in [0.15, 0.2) is 5.75 Å². The predicted octanol–water partition coefficient (Wildman–Crippen LogP) is 3.49. The first-order chi connectivity index (χ1) is 9.92. The van der Waals surface area contributed by atoms with Crippen LogP contribution in [0.5, 0.6) is 5.75 Å². The van der Waals surface area contributed by atoms with Crippen molar-refractivity contribution >= 4 is 12.6 Å². The molecule has 21 heavy (non-hydrogen) atoms. The Kier molecular flexibility index (Phi) is 4.98. The molecular formula is C13H13F5O2S. The van der Waals surface area contributed by atoms with Crippen molar-refractivity contribution in [1.82, 2.24) is 0 Å². The number of ether oxygens (including phenoxy) is 2. The summed E-state index contributed by atoms with van der Waals surface area (Å²) >= 11 is 4.17. The highest BCUT2D eigenvalue weighted by Crippen LogP contribution is 2.35. The maximum atomic E-state index is 13.5. The van der Waals surface area contributed by atoms with E-state index in [1.165, 1.54) is 0 Å². The lowest BCUT2D eigenvalue weighted by Gasteiger charge is -2.35. The van der Waals surface area contributed by atoms with Crippen LogP contribution in [-0.2, 0) is 4.74 Å². The van der Waals surface area contributed by atoms with Gasteiger partial charge < -0.3 is 9.47 Å². The second-order valence-electron chi connectivity index (χ2n) is 4.96. The summed E-state index contributed by atoms with van der Waals surface area (Å²) in [4.78, 5) is 0. The molecule has 0 amide bonds. The Hall–Kier alpha value is -1.02. The molecule has 0 atom stereocenters. The monoisotopic (exact) mass is 328 g/mol. The molecule has 0 saturated carbocycles. The van der Waals surface area contributed by atoms with Gasteiger partial charge in [0, 0.05) is 18.6 Å². The van der Waals surface area contributed by atoms with Crippen LogP contribution < -0.4 is 4.74 Å². The summed E-state index contributed by atoms with van der Waals surface area (Å²) < 4.78 is 76.1. The Balaban J connectivity index is 2.24. The van der Waals surface area contributed by atoms with Crippen LogP contribution in [0, 0.1) is 34.5 Å². The first kappa shape index (κ1) is 16.4. The fraction of sp³-hybridized carbons (Fsp3) is 0.538. The first-order valence-electron chi connectivity index (χ1n) is 6.25. The van der Waals surface area contributed by atoms with Crippen LogP contribution in [-0.4, -0.2) is 25.6 Å². The van der Waals surface area contributed by atoms with Crippen LogP contribution in [0.25, 0.3) is 0 Å². The van der Waals surface area contributed by atoms with Crippen molar-refractivity contribution in [2.24, 2.45) is 5.41 Å². The number of hydrogen-bond acceptors (Lipinski definition) is 3. The zero-order valence-electron chi connectivity index (χ0n) is 10.9. The van der Waals surface area contributed by atoms with Crippen molar-refractivity contribution in [1.29, 1.82) is 0 Å². The molecule has 0 N–H and O–H groups in total. The van der Waals surface area contributed by atoms with E-state index >= 15 is 0 Å². The number of hydrogen-bond donors (Lipinski definition) is 1. The number of thiol groups is 1. The summed E-state index contributed by atoms with van der Waals surface area (Å²) in [6.07, 6.45) is 1.07. The number of halogens is 5. The van der Waals surface area contributed by atoms with Gasteiger partial charge in [0.25, 0.3) is 0 Å². The minimum atomic E-state index is -2.20. The van der Waals surface area contributed by atoms with E-state index in [1.54, 1.807) is 0 Å². The lowest BCUT2D eigenvalue weighted by Crippen LogP contribution is -2.37. The summed E-state index contributed by atoms with van der Waals surface area (Å²) in [6, 6.07) is 0. The molecule has 1 saturated heterocycles. The molecule has 1 aliphatic heterocycles. The van der Waals surface area contributed by atoms with Gasteiger partial charge in [-0.05, 0) is 18.6 Å². The lowest BCUT2D eigenvalue weighted by atomic mass is 9.83. The van der Waals surface area contributed by atoms with E-state index in [2.05, 4.69) is 12.6 Å². The number of benzene rings is 1. The standard InChI is InChI=1S/C13H13F5O2S/c14-7-8(15)10(17)12(11(18)9(7)16)20-5-13(6-21)1-3-19-4-2-13/h21H,1-6H2. The minimum absolute atomic E-state index is 0.196. The van der Waals surface area contributed by atoms with E-state index in [1.807, 2.05) is 0 Å². The van der Waals surface area contributed by atoms with E-state index in [0.717, 1.165) is 0 Å². The molecule has 1 fully saturated rings. The van der Waals surface area contributed by atoms with Gasteiger partial charge in [-0.3, -0.25) is 0 Å². The van der Waals surface area contributed by atoms with Gasteiger partial charge >= 0.3 is 0 Å². The molecular weight excluding hydrogens is 315 g/mol. The molecule has 1 heterocycles. The van der Waals surface area contributed by atoms with Crippen LogP contribution >= 0.6 is 12.6 Å². The van der Waals surface area contributed by atoms with Crippen molar-refractivity contribution < 1.29 is 31.4 Å². The van der Waals surface area contributed by atoms with Crippen molar-refractivity contribution in [3.8, 4) is 5.75 Å². The molecule has 0 spiro atoms. The van der Waals surface area contributed by atoms with E-state index < -0.39 is 40.3 Å². The van der Waals surface area contributed by atoms with Crippen molar-refractivity contribution in [3.63, 3.8) is 0 Å². The summed E-state index contributed by atoms with van der Waals surface area (Å²) in [6.45, 7) is 0.667. The van der Waals surface area contributed by atoms with Gasteiger partial charge in [-0.25, -0.2) is 13.2 Å². The Bertz CT molecular complexity index is 503. The van der Waals surface area contributed by atoms with Crippen LogP contribution in [0.1, 0.15) is 12.8 Å². The average Bonchev–Trinajstić information content (AvgIpc) is 2.52. The zero-order chi connectivity index (χ0) is 15.6. The third-order valence-corrected chi connectivity index (χ3v) is 4.25. The lowest BCUT2D eigenvalue weighted by molar-refractivity contribution is 0.00138.